The first-order valence-corrected chi connectivity index (χ1v) is 7.59. The minimum absolute atomic E-state index is 0.00648. The Morgan fingerprint density at radius 2 is 1.83 bits per heavy atom. The van der Waals surface area contributed by atoms with Crippen molar-refractivity contribution in [3.8, 4) is 11.5 Å². The van der Waals surface area contributed by atoms with Gasteiger partial charge < -0.3 is 15.5 Å². The molecule has 1 fully saturated rings. The summed E-state index contributed by atoms with van der Waals surface area (Å²) in [5.74, 6) is -0.594. The number of carbonyl (C=O) groups is 2. The van der Waals surface area contributed by atoms with Gasteiger partial charge in [0, 0.05) is 0 Å². The van der Waals surface area contributed by atoms with Crippen LogP contribution in [0, 0.1) is 13.8 Å². The molecule has 3 rings (SSSR count). The number of anilines is 2. The predicted octanol–water partition coefficient (Wildman–Crippen LogP) is 2.46. The van der Waals surface area contributed by atoms with Crippen molar-refractivity contribution in [1.82, 2.24) is 0 Å². The molecule has 0 spiro atoms. The van der Waals surface area contributed by atoms with E-state index in [0.717, 1.165) is 10.5 Å². The molecule has 0 bridgehead atoms. The monoisotopic (exact) mass is 326 g/mol. The van der Waals surface area contributed by atoms with E-state index in [1.165, 1.54) is 12.1 Å². The summed E-state index contributed by atoms with van der Waals surface area (Å²) in [5, 5.41) is 22.3. The fraction of sp³-hybridized carbons (Fsp3) is 0.222. The highest BCUT2D eigenvalue weighted by Crippen LogP contribution is 2.31. The number of benzene rings is 2. The summed E-state index contributed by atoms with van der Waals surface area (Å²) in [7, 11) is 0. The van der Waals surface area contributed by atoms with Gasteiger partial charge in [-0.2, -0.15) is 0 Å². The molecule has 2 aromatic rings. The normalized spacial score (nSPS) is 17.4. The fourth-order valence-corrected chi connectivity index (χ4v) is 2.84. The molecule has 6 heteroatoms. The minimum atomic E-state index is -0.738. The number of amides is 2. The molecule has 124 valence electrons. The molecule has 1 saturated heterocycles. The number of rotatable bonds is 3. The number of nitrogens with one attached hydrogen (secondary N) is 1. The Kier molecular flexibility index (Phi) is 3.89. The van der Waals surface area contributed by atoms with E-state index in [4.69, 9.17) is 0 Å². The number of nitrogens with zero attached hydrogens (tertiary/aromatic N) is 1. The van der Waals surface area contributed by atoms with Crippen molar-refractivity contribution in [3.05, 3.63) is 47.5 Å². The highest BCUT2D eigenvalue weighted by molar-refractivity contribution is 6.23. The molecular formula is C18H18N2O4. The maximum atomic E-state index is 12.7. The first-order valence-electron chi connectivity index (χ1n) is 7.59. The first kappa shape index (κ1) is 15.9. The lowest BCUT2D eigenvalue weighted by Gasteiger charge is -2.18. The lowest BCUT2D eigenvalue weighted by Crippen LogP contribution is -2.35. The van der Waals surface area contributed by atoms with Crippen molar-refractivity contribution in [3.63, 3.8) is 0 Å². The first-order chi connectivity index (χ1) is 11.4. The quantitative estimate of drug-likeness (QED) is 0.595. The van der Waals surface area contributed by atoms with Crippen LogP contribution in [0.4, 0.5) is 11.4 Å². The standard InChI is InChI=1S/C18H18N2O4/c1-10-3-6-16(22)13(7-10)19-14-9-17(23)20(18(14)24)15-5-4-12(21)8-11(15)2/h3-8,14,19,21-22H,9H2,1-2H3. The van der Waals surface area contributed by atoms with Crippen molar-refractivity contribution in [2.24, 2.45) is 0 Å². The number of carbonyl (C=O) groups excluding carboxylic acids is 2. The topological polar surface area (TPSA) is 89.9 Å². The third-order valence-electron chi connectivity index (χ3n) is 4.05. The van der Waals surface area contributed by atoms with Gasteiger partial charge in [0.15, 0.2) is 0 Å². The van der Waals surface area contributed by atoms with E-state index in [-0.39, 0.29) is 29.7 Å². The zero-order valence-corrected chi connectivity index (χ0v) is 13.4. The van der Waals surface area contributed by atoms with Gasteiger partial charge in [0.25, 0.3) is 5.91 Å². The summed E-state index contributed by atoms with van der Waals surface area (Å²) in [5.41, 5.74) is 2.44. The van der Waals surface area contributed by atoms with E-state index in [0.29, 0.717) is 16.9 Å². The van der Waals surface area contributed by atoms with Crippen LogP contribution >= 0.6 is 0 Å². The van der Waals surface area contributed by atoms with Gasteiger partial charge in [0.05, 0.1) is 17.8 Å². The van der Waals surface area contributed by atoms with Crippen molar-refractivity contribution >= 4 is 23.2 Å². The molecule has 0 aliphatic carbocycles. The maximum absolute atomic E-state index is 12.7. The molecule has 24 heavy (non-hydrogen) atoms. The summed E-state index contributed by atoms with van der Waals surface area (Å²) in [4.78, 5) is 26.1. The Labute approximate surface area is 139 Å². The molecule has 2 aromatic carbocycles. The van der Waals surface area contributed by atoms with E-state index in [2.05, 4.69) is 5.32 Å². The van der Waals surface area contributed by atoms with Gasteiger partial charge in [-0.3, -0.25) is 9.59 Å². The molecular weight excluding hydrogens is 308 g/mol. The lowest BCUT2D eigenvalue weighted by atomic mass is 10.1. The number of aromatic hydroxyl groups is 2. The van der Waals surface area contributed by atoms with Crippen LogP contribution in [0.15, 0.2) is 36.4 Å². The van der Waals surface area contributed by atoms with Crippen LogP contribution in [0.1, 0.15) is 17.5 Å². The number of aryl methyl sites for hydroxylation is 2. The van der Waals surface area contributed by atoms with Crippen LogP contribution in [0.3, 0.4) is 0 Å². The van der Waals surface area contributed by atoms with E-state index >= 15 is 0 Å². The van der Waals surface area contributed by atoms with Crippen LogP contribution in [-0.4, -0.2) is 28.1 Å². The molecule has 6 nitrogen and oxygen atoms in total. The van der Waals surface area contributed by atoms with E-state index in [1.54, 1.807) is 31.2 Å². The fourth-order valence-electron chi connectivity index (χ4n) is 2.84. The van der Waals surface area contributed by atoms with Crippen LogP contribution in [0.25, 0.3) is 0 Å². The maximum Gasteiger partial charge on any atom is 0.256 e. The number of hydrogen-bond acceptors (Lipinski definition) is 5. The Bertz CT molecular complexity index is 832. The minimum Gasteiger partial charge on any atom is -0.508 e. The molecule has 3 N–H and O–H groups in total. The van der Waals surface area contributed by atoms with Crippen LogP contribution in [-0.2, 0) is 9.59 Å². The molecule has 0 aromatic heterocycles. The van der Waals surface area contributed by atoms with Gasteiger partial charge in [-0.1, -0.05) is 6.07 Å². The average molecular weight is 326 g/mol. The van der Waals surface area contributed by atoms with Gasteiger partial charge >= 0.3 is 0 Å². The molecule has 0 radical (unpaired) electrons. The van der Waals surface area contributed by atoms with Gasteiger partial charge in [-0.25, -0.2) is 4.90 Å². The average Bonchev–Trinajstić information content (AvgIpc) is 2.78. The van der Waals surface area contributed by atoms with E-state index < -0.39 is 6.04 Å². The van der Waals surface area contributed by atoms with Crippen LogP contribution in [0.5, 0.6) is 11.5 Å². The van der Waals surface area contributed by atoms with E-state index in [9.17, 15) is 19.8 Å². The molecule has 1 aliphatic heterocycles. The van der Waals surface area contributed by atoms with Crippen molar-refractivity contribution in [2.45, 2.75) is 26.3 Å². The zero-order valence-electron chi connectivity index (χ0n) is 13.4. The summed E-state index contributed by atoms with van der Waals surface area (Å²) in [6.45, 7) is 3.60. The second-order valence-corrected chi connectivity index (χ2v) is 5.96. The largest absolute Gasteiger partial charge is 0.508 e. The second kappa shape index (κ2) is 5.88. The van der Waals surface area contributed by atoms with Gasteiger partial charge in [-0.05, 0) is 55.3 Å². The van der Waals surface area contributed by atoms with Crippen molar-refractivity contribution in [1.29, 1.82) is 0 Å². The van der Waals surface area contributed by atoms with Gasteiger partial charge in [0.2, 0.25) is 5.91 Å². The Morgan fingerprint density at radius 1 is 1.08 bits per heavy atom. The zero-order chi connectivity index (χ0) is 17.4. The van der Waals surface area contributed by atoms with Crippen LogP contribution < -0.4 is 10.2 Å². The Morgan fingerprint density at radius 3 is 2.54 bits per heavy atom. The third kappa shape index (κ3) is 2.78. The SMILES string of the molecule is Cc1ccc(O)c(NC2CC(=O)N(c3ccc(O)cc3C)C2=O)c1. The highest BCUT2D eigenvalue weighted by Gasteiger charge is 2.40. The third-order valence-corrected chi connectivity index (χ3v) is 4.05. The molecule has 2 amide bonds. The summed E-state index contributed by atoms with van der Waals surface area (Å²) in [6, 6.07) is 8.78. The van der Waals surface area contributed by atoms with Crippen LogP contribution in [0.2, 0.25) is 0 Å². The van der Waals surface area contributed by atoms with Gasteiger partial charge in [-0.15, -0.1) is 0 Å². The molecule has 1 aliphatic rings. The predicted molar refractivity (Wildman–Crippen MR) is 90.2 cm³/mol. The number of phenols is 2. The Balaban J connectivity index is 1.87. The van der Waals surface area contributed by atoms with E-state index in [1.807, 2.05) is 6.92 Å². The highest BCUT2D eigenvalue weighted by atomic mass is 16.3. The summed E-state index contributed by atoms with van der Waals surface area (Å²) in [6.07, 6.45) is 0.00648. The van der Waals surface area contributed by atoms with Crippen molar-refractivity contribution in [2.75, 3.05) is 10.2 Å². The second-order valence-electron chi connectivity index (χ2n) is 5.96. The number of imide groups is 1. The summed E-state index contributed by atoms with van der Waals surface area (Å²) >= 11 is 0. The number of hydrogen-bond donors (Lipinski definition) is 3. The summed E-state index contributed by atoms with van der Waals surface area (Å²) < 4.78 is 0. The lowest BCUT2D eigenvalue weighted by molar-refractivity contribution is -0.121. The molecule has 1 unspecified atom stereocenters. The molecule has 1 heterocycles. The Hall–Kier alpha value is -3.02. The van der Waals surface area contributed by atoms with Crippen molar-refractivity contribution < 1.29 is 19.8 Å². The molecule has 1 atom stereocenters. The molecule has 0 saturated carbocycles. The number of phenolic OH excluding ortho intramolecular Hbond substituents is 2. The van der Waals surface area contributed by atoms with Gasteiger partial charge in [0.1, 0.15) is 17.5 Å². The smallest absolute Gasteiger partial charge is 0.256 e.